The Labute approximate surface area is 218 Å². The lowest BCUT2D eigenvalue weighted by Gasteiger charge is -2.26. The van der Waals surface area contributed by atoms with Crippen LogP contribution < -0.4 is 21.7 Å². The summed E-state index contributed by atoms with van der Waals surface area (Å²) >= 11 is 0. The number of nitrogens with two attached hydrogens (primary N) is 1. The highest BCUT2D eigenvalue weighted by molar-refractivity contribution is 5.94. The van der Waals surface area contributed by atoms with Crippen molar-refractivity contribution >= 4 is 35.6 Å². The second-order valence-corrected chi connectivity index (χ2v) is 9.03. The number of carbonyl (C=O) groups excluding carboxylic acids is 3. The smallest absolute Gasteiger partial charge is 0.326 e. The van der Waals surface area contributed by atoms with Crippen LogP contribution in [-0.4, -0.2) is 80.2 Å². The van der Waals surface area contributed by atoms with E-state index in [0.29, 0.717) is 5.56 Å². The van der Waals surface area contributed by atoms with Gasteiger partial charge in [-0.2, -0.15) is 0 Å². The predicted octanol–water partition coefficient (Wildman–Crippen LogP) is -0.813. The van der Waals surface area contributed by atoms with Gasteiger partial charge in [-0.15, -0.1) is 0 Å². The molecule has 3 amide bonds. The number of aliphatic carboxylic acids is 3. The predicted molar refractivity (Wildman–Crippen MR) is 132 cm³/mol. The average molecular weight is 539 g/mol. The summed E-state index contributed by atoms with van der Waals surface area (Å²) in [5.41, 5.74) is 6.24. The molecule has 9 N–H and O–H groups in total. The zero-order valence-electron chi connectivity index (χ0n) is 21.0. The van der Waals surface area contributed by atoms with Crippen LogP contribution >= 0.6 is 0 Å². The lowest BCUT2D eigenvalue weighted by molar-refractivity contribution is -0.144. The van der Waals surface area contributed by atoms with Crippen LogP contribution in [0, 0.1) is 5.92 Å². The summed E-state index contributed by atoms with van der Waals surface area (Å²) in [7, 11) is 0. The van der Waals surface area contributed by atoms with Crippen molar-refractivity contribution in [2.45, 2.75) is 70.1 Å². The van der Waals surface area contributed by atoms with Crippen LogP contribution in [-0.2, 0) is 35.2 Å². The van der Waals surface area contributed by atoms with Gasteiger partial charge < -0.3 is 42.1 Å². The van der Waals surface area contributed by atoms with Crippen LogP contribution in [0.2, 0.25) is 0 Å². The molecule has 4 atom stereocenters. The van der Waals surface area contributed by atoms with Crippen LogP contribution in [0.4, 0.5) is 0 Å². The normalized spacial score (nSPS) is 14.0. The second-order valence-electron chi connectivity index (χ2n) is 9.03. The summed E-state index contributed by atoms with van der Waals surface area (Å²) in [4.78, 5) is 72.0. The summed E-state index contributed by atoms with van der Waals surface area (Å²) < 4.78 is 0. The molecular weight excluding hydrogens is 504 g/mol. The van der Waals surface area contributed by atoms with Crippen molar-refractivity contribution in [3.05, 3.63) is 29.8 Å². The standard InChI is InChI=1S/C24H34N4O10/c1-12(2)20(24(37)38)28-22(35)16(8-10-19(32)33)26-23(36)17(11-13-3-5-14(29)6-4-13)27-21(34)15(25)7-9-18(30)31/h3-6,12,15-17,20,29H,7-11,25H2,1-2H3,(H,26,36)(H,27,34)(H,28,35)(H,30,31)(H,32,33)(H,37,38). The molecule has 14 heteroatoms. The van der Waals surface area contributed by atoms with Crippen molar-refractivity contribution in [3.8, 4) is 5.75 Å². The average Bonchev–Trinajstić information content (AvgIpc) is 2.83. The summed E-state index contributed by atoms with van der Waals surface area (Å²) in [6.07, 6.45) is -1.60. The van der Waals surface area contributed by atoms with Gasteiger partial charge in [-0.05, 0) is 36.5 Å². The van der Waals surface area contributed by atoms with E-state index in [1.807, 2.05) is 0 Å². The van der Waals surface area contributed by atoms with Crippen molar-refractivity contribution in [3.63, 3.8) is 0 Å². The maximum atomic E-state index is 13.2. The number of aromatic hydroxyl groups is 1. The Hall–Kier alpha value is -4.20. The zero-order chi connectivity index (χ0) is 29.0. The molecule has 0 spiro atoms. The Kier molecular flexibility index (Phi) is 12.7. The zero-order valence-corrected chi connectivity index (χ0v) is 21.0. The first kappa shape index (κ1) is 31.8. The number of carboxylic acid groups (broad SMARTS) is 3. The number of carbonyl (C=O) groups is 6. The minimum atomic E-state index is -1.45. The summed E-state index contributed by atoms with van der Waals surface area (Å²) in [5, 5.41) is 43.8. The first-order chi connectivity index (χ1) is 17.7. The first-order valence-electron chi connectivity index (χ1n) is 11.8. The van der Waals surface area contributed by atoms with Crippen molar-refractivity contribution < 1.29 is 49.2 Å². The van der Waals surface area contributed by atoms with E-state index in [0.717, 1.165) is 0 Å². The van der Waals surface area contributed by atoms with Crippen LogP contribution in [0.3, 0.4) is 0 Å². The molecule has 0 aliphatic rings. The third-order valence-corrected chi connectivity index (χ3v) is 5.53. The third-order valence-electron chi connectivity index (χ3n) is 5.53. The molecule has 4 unspecified atom stereocenters. The summed E-state index contributed by atoms with van der Waals surface area (Å²) in [6.45, 7) is 3.11. The fraction of sp³-hybridized carbons (Fsp3) is 0.500. The summed E-state index contributed by atoms with van der Waals surface area (Å²) in [6, 6.07) is 0.350. The quantitative estimate of drug-likeness (QED) is 0.129. The molecule has 0 aliphatic heterocycles. The number of hydrogen-bond acceptors (Lipinski definition) is 8. The van der Waals surface area contributed by atoms with Gasteiger partial charge in [0.25, 0.3) is 0 Å². The monoisotopic (exact) mass is 538 g/mol. The molecule has 1 aromatic carbocycles. The van der Waals surface area contributed by atoms with Gasteiger partial charge in [0.1, 0.15) is 23.9 Å². The van der Waals surface area contributed by atoms with E-state index in [4.69, 9.17) is 15.9 Å². The van der Waals surface area contributed by atoms with Crippen molar-refractivity contribution in [2.75, 3.05) is 0 Å². The van der Waals surface area contributed by atoms with Gasteiger partial charge in [-0.3, -0.25) is 24.0 Å². The Balaban J connectivity index is 3.16. The molecule has 0 saturated heterocycles. The molecule has 0 aliphatic carbocycles. The number of benzene rings is 1. The van der Waals surface area contributed by atoms with Gasteiger partial charge in [0, 0.05) is 19.3 Å². The van der Waals surface area contributed by atoms with Crippen LogP contribution in [0.25, 0.3) is 0 Å². The van der Waals surface area contributed by atoms with Gasteiger partial charge in [0.15, 0.2) is 0 Å². The Bertz CT molecular complexity index is 1010. The number of phenolic OH excluding ortho intramolecular Hbond substituents is 1. The third kappa shape index (κ3) is 11.2. The molecule has 0 heterocycles. The Morgan fingerprint density at radius 3 is 1.76 bits per heavy atom. The van der Waals surface area contributed by atoms with E-state index < -0.39 is 72.1 Å². The van der Waals surface area contributed by atoms with E-state index in [9.17, 15) is 39.0 Å². The fourth-order valence-electron chi connectivity index (χ4n) is 3.34. The number of amides is 3. The molecule has 0 saturated carbocycles. The number of phenols is 1. The molecule has 38 heavy (non-hydrogen) atoms. The number of nitrogens with one attached hydrogen (secondary N) is 3. The van der Waals surface area contributed by atoms with Crippen molar-refractivity contribution in [1.82, 2.24) is 16.0 Å². The van der Waals surface area contributed by atoms with Crippen molar-refractivity contribution in [1.29, 1.82) is 0 Å². The topological polar surface area (TPSA) is 245 Å². The molecule has 0 aromatic heterocycles. The maximum Gasteiger partial charge on any atom is 0.326 e. The van der Waals surface area contributed by atoms with Crippen LogP contribution in [0.15, 0.2) is 24.3 Å². The minimum Gasteiger partial charge on any atom is -0.508 e. The van der Waals surface area contributed by atoms with Crippen molar-refractivity contribution in [2.24, 2.45) is 11.7 Å². The fourth-order valence-corrected chi connectivity index (χ4v) is 3.34. The van der Waals surface area contributed by atoms with Gasteiger partial charge in [0.2, 0.25) is 17.7 Å². The molecule has 0 fully saturated rings. The number of hydrogen-bond donors (Lipinski definition) is 8. The maximum absolute atomic E-state index is 13.2. The molecule has 1 rings (SSSR count). The highest BCUT2D eigenvalue weighted by Gasteiger charge is 2.31. The highest BCUT2D eigenvalue weighted by Crippen LogP contribution is 2.12. The number of rotatable bonds is 16. The Morgan fingerprint density at radius 2 is 1.26 bits per heavy atom. The lowest BCUT2D eigenvalue weighted by atomic mass is 10.0. The van der Waals surface area contributed by atoms with E-state index in [-0.39, 0.29) is 31.4 Å². The van der Waals surface area contributed by atoms with Crippen LogP contribution in [0.1, 0.15) is 45.1 Å². The van der Waals surface area contributed by atoms with E-state index in [2.05, 4.69) is 16.0 Å². The largest absolute Gasteiger partial charge is 0.508 e. The molecular formula is C24H34N4O10. The van der Waals surface area contributed by atoms with E-state index in [1.165, 1.54) is 24.3 Å². The second kappa shape index (κ2) is 15.1. The molecule has 14 nitrogen and oxygen atoms in total. The highest BCUT2D eigenvalue weighted by atomic mass is 16.4. The van der Waals surface area contributed by atoms with E-state index >= 15 is 0 Å². The number of carboxylic acids is 3. The molecule has 210 valence electrons. The van der Waals surface area contributed by atoms with Gasteiger partial charge >= 0.3 is 17.9 Å². The van der Waals surface area contributed by atoms with Gasteiger partial charge in [0.05, 0.1) is 6.04 Å². The van der Waals surface area contributed by atoms with Gasteiger partial charge in [-0.1, -0.05) is 26.0 Å². The molecule has 0 radical (unpaired) electrons. The first-order valence-corrected chi connectivity index (χ1v) is 11.8. The summed E-state index contributed by atoms with van der Waals surface area (Å²) in [5.74, 6) is -6.94. The minimum absolute atomic E-state index is 0.0435. The SMILES string of the molecule is CC(C)C(NC(=O)C(CCC(=O)O)NC(=O)C(Cc1ccc(O)cc1)NC(=O)C(N)CCC(=O)O)C(=O)O. The Morgan fingerprint density at radius 1 is 0.763 bits per heavy atom. The van der Waals surface area contributed by atoms with Gasteiger partial charge in [-0.25, -0.2) is 4.79 Å². The molecule has 0 bridgehead atoms. The molecule has 1 aromatic rings. The van der Waals surface area contributed by atoms with E-state index in [1.54, 1.807) is 13.8 Å². The lowest BCUT2D eigenvalue weighted by Crippen LogP contribution is -2.58. The van der Waals surface area contributed by atoms with Crippen LogP contribution in [0.5, 0.6) is 5.75 Å².